The third-order valence-corrected chi connectivity index (χ3v) is 5.71. The summed E-state index contributed by atoms with van der Waals surface area (Å²) in [5, 5.41) is 15.9. The SMILES string of the molecule is CN(C)CCCNC(=O)Cc1n[nH]cc1NC(=O)c1cccc(-c2ccnc(NCC3CC3)c2)n1. The summed E-state index contributed by atoms with van der Waals surface area (Å²) in [4.78, 5) is 36.2. The third-order valence-electron chi connectivity index (χ3n) is 5.71. The lowest BCUT2D eigenvalue weighted by Gasteiger charge is -2.10. The topological polar surface area (TPSA) is 128 Å². The fourth-order valence-corrected chi connectivity index (χ4v) is 3.56. The van der Waals surface area contributed by atoms with Gasteiger partial charge in [-0.05, 0) is 70.1 Å². The Morgan fingerprint density at radius 1 is 1.20 bits per heavy atom. The van der Waals surface area contributed by atoms with Crippen molar-refractivity contribution in [2.24, 2.45) is 5.92 Å². The zero-order valence-electron chi connectivity index (χ0n) is 20.2. The van der Waals surface area contributed by atoms with Crippen LogP contribution in [-0.2, 0) is 11.2 Å². The number of H-pyrrole nitrogens is 1. The van der Waals surface area contributed by atoms with E-state index in [9.17, 15) is 9.59 Å². The van der Waals surface area contributed by atoms with Crippen LogP contribution in [0.25, 0.3) is 11.3 Å². The normalized spacial score (nSPS) is 13.0. The van der Waals surface area contributed by atoms with Gasteiger partial charge in [-0.15, -0.1) is 0 Å². The molecule has 0 bridgehead atoms. The standard InChI is InChI=1S/C25H32N8O2/c1-33(2)12-4-10-27-24(34)14-21-22(16-29-32-21)31-25(35)20-6-3-5-19(30-20)18-9-11-26-23(13-18)28-15-17-7-8-17/h3,5-6,9,11,13,16-17H,4,7-8,10,12,14-15H2,1-2H3,(H,26,28)(H,27,34)(H,29,32)(H,31,35). The zero-order valence-corrected chi connectivity index (χ0v) is 20.2. The van der Waals surface area contributed by atoms with Gasteiger partial charge >= 0.3 is 0 Å². The largest absolute Gasteiger partial charge is 0.370 e. The number of hydrogen-bond acceptors (Lipinski definition) is 7. The molecule has 1 saturated carbocycles. The number of aromatic amines is 1. The van der Waals surface area contributed by atoms with E-state index in [0.717, 1.165) is 36.8 Å². The van der Waals surface area contributed by atoms with Gasteiger partial charge in [-0.25, -0.2) is 9.97 Å². The Kier molecular flexibility index (Phi) is 8.04. The van der Waals surface area contributed by atoms with E-state index in [1.54, 1.807) is 24.5 Å². The van der Waals surface area contributed by atoms with Crippen molar-refractivity contribution in [3.63, 3.8) is 0 Å². The highest BCUT2D eigenvalue weighted by atomic mass is 16.2. The number of aromatic nitrogens is 4. The van der Waals surface area contributed by atoms with Crippen LogP contribution in [0.4, 0.5) is 11.5 Å². The van der Waals surface area contributed by atoms with Crippen LogP contribution in [-0.4, -0.2) is 70.6 Å². The van der Waals surface area contributed by atoms with Gasteiger partial charge < -0.3 is 20.9 Å². The second-order valence-electron chi connectivity index (χ2n) is 9.05. The smallest absolute Gasteiger partial charge is 0.274 e. The molecule has 4 rings (SSSR count). The molecule has 4 N–H and O–H groups in total. The molecule has 10 heteroatoms. The summed E-state index contributed by atoms with van der Waals surface area (Å²) in [6, 6.07) is 9.13. The van der Waals surface area contributed by atoms with Gasteiger partial charge in [0, 0.05) is 31.0 Å². The summed E-state index contributed by atoms with van der Waals surface area (Å²) in [7, 11) is 3.99. The second kappa shape index (κ2) is 11.6. The van der Waals surface area contributed by atoms with E-state index in [2.05, 4.69) is 41.0 Å². The molecule has 0 saturated heterocycles. The predicted molar refractivity (Wildman–Crippen MR) is 135 cm³/mol. The average molecular weight is 477 g/mol. The molecule has 35 heavy (non-hydrogen) atoms. The first-order chi connectivity index (χ1) is 17.0. The number of pyridine rings is 2. The van der Waals surface area contributed by atoms with Crippen LogP contribution in [0, 0.1) is 5.92 Å². The van der Waals surface area contributed by atoms with Gasteiger partial charge in [-0.1, -0.05) is 6.07 Å². The van der Waals surface area contributed by atoms with E-state index >= 15 is 0 Å². The first kappa shape index (κ1) is 24.3. The van der Waals surface area contributed by atoms with Crippen molar-refractivity contribution in [3.8, 4) is 11.3 Å². The number of carbonyl (C=O) groups is 2. The first-order valence-electron chi connectivity index (χ1n) is 11.9. The lowest BCUT2D eigenvalue weighted by Crippen LogP contribution is -2.28. The van der Waals surface area contributed by atoms with Gasteiger partial charge in [0.05, 0.1) is 23.5 Å². The highest BCUT2D eigenvalue weighted by Gasteiger charge is 2.21. The molecule has 1 fully saturated rings. The summed E-state index contributed by atoms with van der Waals surface area (Å²) in [6.07, 6.45) is 6.78. The zero-order chi connectivity index (χ0) is 24.6. The number of anilines is 2. The monoisotopic (exact) mass is 476 g/mol. The predicted octanol–water partition coefficient (Wildman–Crippen LogP) is 2.55. The molecule has 2 amide bonds. The average Bonchev–Trinajstić information content (AvgIpc) is 3.60. The molecule has 1 aliphatic carbocycles. The molecule has 0 aromatic carbocycles. The lowest BCUT2D eigenvalue weighted by atomic mass is 10.1. The second-order valence-corrected chi connectivity index (χ2v) is 9.05. The van der Waals surface area contributed by atoms with Crippen molar-refractivity contribution >= 4 is 23.3 Å². The van der Waals surface area contributed by atoms with Gasteiger partial charge in [0.1, 0.15) is 11.5 Å². The Morgan fingerprint density at radius 3 is 2.86 bits per heavy atom. The number of nitrogens with zero attached hydrogens (tertiary/aromatic N) is 4. The molecule has 3 aromatic rings. The number of nitrogens with one attached hydrogen (secondary N) is 4. The fourth-order valence-electron chi connectivity index (χ4n) is 3.56. The first-order valence-corrected chi connectivity index (χ1v) is 11.9. The molecule has 0 aliphatic heterocycles. The molecule has 3 aromatic heterocycles. The molecular weight excluding hydrogens is 444 g/mol. The summed E-state index contributed by atoms with van der Waals surface area (Å²) >= 11 is 0. The summed E-state index contributed by atoms with van der Waals surface area (Å²) in [6.45, 7) is 2.41. The maximum absolute atomic E-state index is 12.9. The molecule has 1 aliphatic rings. The van der Waals surface area contributed by atoms with Gasteiger partial charge in [-0.3, -0.25) is 14.7 Å². The van der Waals surface area contributed by atoms with Crippen LogP contribution in [0.15, 0.2) is 42.7 Å². The number of rotatable bonds is 12. The van der Waals surface area contributed by atoms with E-state index < -0.39 is 0 Å². The Hall–Kier alpha value is -3.79. The van der Waals surface area contributed by atoms with E-state index in [1.165, 1.54) is 12.8 Å². The van der Waals surface area contributed by atoms with Crippen molar-refractivity contribution in [2.45, 2.75) is 25.7 Å². The van der Waals surface area contributed by atoms with E-state index in [1.807, 2.05) is 32.3 Å². The van der Waals surface area contributed by atoms with Crippen LogP contribution in [0.5, 0.6) is 0 Å². The molecule has 0 atom stereocenters. The Balaban J connectivity index is 1.36. The van der Waals surface area contributed by atoms with Crippen LogP contribution >= 0.6 is 0 Å². The van der Waals surface area contributed by atoms with Crippen LogP contribution in [0.2, 0.25) is 0 Å². The molecule has 184 valence electrons. The molecule has 3 heterocycles. The van der Waals surface area contributed by atoms with Gasteiger partial charge in [0.25, 0.3) is 5.91 Å². The quantitative estimate of drug-likeness (QED) is 0.296. The Labute approximate surface area is 204 Å². The van der Waals surface area contributed by atoms with Crippen molar-refractivity contribution < 1.29 is 9.59 Å². The van der Waals surface area contributed by atoms with Crippen molar-refractivity contribution in [1.29, 1.82) is 0 Å². The van der Waals surface area contributed by atoms with Crippen molar-refractivity contribution in [1.82, 2.24) is 30.4 Å². The lowest BCUT2D eigenvalue weighted by molar-refractivity contribution is -0.120. The number of carbonyl (C=O) groups excluding carboxylic acids is 2. The molecule has 0 spiro atoms. The van der Waals surface area contributed by atoms with Gasteiger partial charge in [0.15, 0.2) is 0 Å². The maximum atomic E-state index is 12.9. The van der Waals surface area contributed by atoms with Crippen molar-refractivity contribution in [2.75, 3.05) is 44.4 Å². The molecule has 0 radical (unpaired) electrons. The highest BCUT2D eigenvalue weighted by molar-refractivity contribution is 6.03. The minimum Gasteiger partial charge on any atom is -0.370 e. The minimum atomic E-state index is -0.373. The molecular formula is C25H32N8O2. The molecule has 10 nitrogen and oxygen atoms in total. The van der Waals surface area contributed by atoms with E-state index in [4.69, 9.17) is 0 Å². The third kappa shape index (κ3) is 7.35. The number of hydrogen-bond donors (Lipinski definition) is 4. The Bertz CT molecular complexity index is 1160. The summed E-state index contributed by atoms with van der Waals surface area (Å²) in [5.41, 5.74) is 2.76. The van der Waals surface area contributed by atoms with Crippen molar-refractivity contribution in [3.05, 3.63) is 54.1 Å². The minimum absolute atomic E-state index is 0.0716. The fraction of sp³-hybridized carbons (Fsp3) is 0.400. The van der Waals surface area contributed by atoms with Crippen LogP contribution in [0.1, 0.15) is 35.4 Å². The van der Waals surface area contributed by atoms with Crippen LogP contribution in [0.3, 0.4) is 0 Å². The number of amides is 2. The van der Waals surface area contributed by atoms with Gasteiger partial charge in [0.2, 0.25) is 5.91 Å². The van der Waals surface area contributed by atoms with E-state index in [0.29, 0.717) is 23.6 Å². The maximum Gasteiger partial charge on any atom is 0.274 e. The molecule has 0 unspecified atom stereocenters. The Morgan fingerprint density at radius 2 is 2.06 bits per heavy atom. The highest BCUT2D eigenvalue weighted by Crippen LogP contribution is 2.29. The van der Waals surface area contributed by atoms with Crippen LogP contribution < -0.4 is 16.0 Å². The van der Waals surface area contributed by atoms with Gasteiger partial charge in [-0.2, -0.15) is 5.10 Å². The summed E-state index contributed by atoms with van der Waals surface area (Å²) < 4.78 is 0. The van der Waals surface area contributed by atoms with E-state index in [-0.39, 0.29) is 23.9 Å². The summed E-state index contributed by atoms with van der Waals surface area (Å²) in [5.74, 6) is 1.03.